The van der Waals surface area contributed by atoms with Crippen molar-refractivity contribution in [3.63, 3.8) is 0 Å². The molecule has 0 saturated carbocycles. The van der Waals surface area contributed by atoms with Crippen LogP contribution in [0.4, 0.5) is 0 Å². The van der Waals surface area contributed by atoms with E-state index >= 15 is 0 Å². The molecule has 0 aliphatic heterocycles. The van der Waals surface area contributed by atoms with Crippen molar-refractivity contribution in [2.45, 2.75) is 46.2 Å². The molecule has 1 aromatic rings. The van der Waals surface area contributed by atoms with Crippen LogP contribution in [0.25, 0.3) is 0 Å². The number of aromatic nitrogens is 2. The van der Waals surface area contributed by atoms with Gasteiger partial charge >= 0.3 is 5.69 Å². The van der Waals surface area contributed by atoms with E-state index in [2.05, 4.69) is 12.2 Å². The summed E-state index contributed by atoms with van der Waals surface area (Å²) in [5, 5.41) is 3.28. The molecule has 19 heavy (non-hydrogen) atoms. The van der Waals surface area contributed by atoms with Gasteiger partial charge in [0.2, 0.25) is 0 Å². The number of rotatable bonds is 10. The Balaban J connectivity index is 2.14. The van der Waals surface area contributed by atoms with Gasteiger partial charge in [-0.3, -0.25) is 9.13 Å². The highest BCUT2D eigenvalue weighted by molar-refractivity contribution is 4.83. The third-order valence-electron chi connectivity index (χ3n) is 3.03. The molecule has 0 bridgehead atoms. The van der Waals surface area contributed by atoms with Crippen LogP contribution in [0, 0.1) is 0 Å². The van der Waals surface area contributed by atoms with E-state index in [1.165, 1.54) is 6.42 Å². The van der Waals surface area contributed by atoms with Crippen molar-refractivity contribution < 1.29 is 4.74 Å². The summed E-state index contributed by atoms with van der Waals surface area (Å²) in [5.41, 5.74) is 0.0657. The third kappa shape index (κ3) is 5.61. The van der Waals surface area contributed by atoms with Gasteiger partial charge in [0, 0.05) is 44.7 Å². The molecule has 0 fully saturated rings. The minimum Gasteiger partial charge on any atom is -0.380 e. The van der Waals surface area contributed by atoms with Crippen LogP contribution >= 0.6 is 0 Å². The number of nitrogens with zero attached hydrogens (tertiary/aromatic N) is 2. The molecule has 0 aromatic carbocycles. The zero-order valence-electron chi connectivity index (χ0n) is 12.4. The van der Waals surface area contributed by atoms with Crippen LogP contribution in [0.5, 0.6) is 0 Å². The summed E-state index contributed by atoms with van der Waals surface area (Å²) in [6.45, 7) is 10.1. The first kappa shape index (κ1) is 16.0. The lowest BCUT2D eigenvalue weighted by atomic mass is 10.4. The van der Waals surface area contributed by atoms with E-state index < -0.39 is 0 Å². The Hall–Kier alpha value is -1.07. The molecule has 1 rings (SSSR count). The highest BCUT2D eigenvalue weighted by Crippen LogP contribution is 1.98. The molecule has 0 unspecified atom stereocenters. The van der Waals surface area contributed by atoms with Crippen LogP contribution in [0.3, 0.4) is 0 Å². The Morgan fingerprint density at radius 2 is 2.05 bits per heavy atom. The zero-order chi connectivity index (χ0) is 14.1. The second-order valence-corrected chi connectivity index (χ2v) is 4.99. The smallest absolute Gasteiger partial charge is 0.328 e. The standard InChI is InChI=1S/C14H27N3O2/c1-4-5-11-19-12-7-15-6-8-16-9-10-17(13(2)3)14(16)18/h9-10,13,15H,4-8,11-12H2,1-3H3. The van der Waals surface area contributed by atoms with Gasteiger partial charge in [0.05, 0.1) is 6.61 Å². The molecule has 0 spiro atoms. The Labute approximate surface area is 115 Å². The van der Waals surface area contributed by atoms with E-state index in [1.54, 1.807) is 9.13 Å². The minimum atomic E-state index is 0.0657. The maximum Gasteiger partial charge on any atom is 0.328 e. The van der Waals surface area contributed by atoms with Crippen molar-refractivity contribution in [1.82, 2.24) is 14.5 Å². The van der Waals surface area contributed by atoms with E-state index in [4.69, 9.17) is 4.74 Å². The van der Waals surface area contributed by atoms with Crippen LogP contribution in [0.2, 0.25) is 0 Å². The van der Waals surface area contributed by atoms with E-state index in [1.807, 2.05) is 26.2 Å². The molecule has 5 nitrogen and oxygen atoms in total. The lowest BCUT2D eigenvalue weighted by Crippen LogP contribution is -2.30. The van der Waals surface area contributed by atoms with Gasteiger partial charge in [-0.1, -0.05) is 13.3 Å². The van der Waals surface area contributed by atoms with Gasteiger partial charge in [-0.15, -0.1) is 0 Å². The molecule has 1 heterocycles. The third-order valence-corrected chi connectivity index (χ3v) is 3.03. The zero-order valence-corrected chi connectivity index (χ0v) is 12.4. The number of hydrogen-bond donors (Lipinski definition) is 1. The quantitative estimate of drug-likeness (QED) is 0.657. The maximum atomic E-state index is 11.9. The Bertz CT molecular complexity index is 396. The lowest BCUT2D eigenvalue weighted by Gasteiger charge is -2.07. The van der Waals surface area contributed by atoms with Crippen molar-refractivity contribution in [3.05, 3.63) is 22.9 Å². The van der Waals surface area contributed by atoms with Crippen LogP contribution in [-0.2, 0) is 11.3 Å². The maximum absolute atomic E-state index is 11.9. The molecule has 5 heteroatoms. The summed E-state index contributed by atoms with van der Waals surface area (Å²) < 4.78 is 8.94. The molecule has 0 amide bonds. The number of unbranched alkanes of at least 4 members (excludes halogenated alkanes) is 1. The predicted molar refractivity (Wildman–Crippen MR) is 77.7 cm³/mol. The second kappa shape index (κ2) is 8.93. The van der Waals surface area contributed by atoms with E-state index in [9.17, 15) is 4.79 Å². The summed E-state index contributed by atoms with van der Waals surface area (Å²) in [6.07, 6.45) is 5.99. The van der Waals surface area contributed by atoms with Crippen LogP contribution in [-0.4, -0.2) is 35.4 Å². The molecule has 0 radical (unpaired) electrons. The summed E-state index contributed by atoms with van der Waals surface area (Å²) in [6, 6.07) is 0.216. The first-order chi connectivity index (χ1) is 9.16. The fourth-order valence-corrected chi connectivity index (χ4v) is 1.81. The molecule has 0 aliphatic carbocycles. The highest BCUT2D eigenvalue weighted by atomic mass is 16.5. The molecule has 0 aliphatic rings. The summed E-state index contributed by atoms with van der Waals surface area (Å²) >= 11 is 0. The van der Waals surface area contributed by atoms with Gasteiger partial charge in [-0.25, -0.2) is 4.79 Å². The summed E-state index contributed by atoms with van der Waals surface area (Å²) in [4.78, 5) is 11.9. The predicted octanol–water partition coefficient (Wildman–Crippen LogP) is 1.64. The fraction of sp³-hybridized carbons (Fsp3) is 0.786. The molecular formula is C14H27N3O2. The summed E-state index contributed by atoms with van der Waals surface area (Å²) in [7, 11) is 0. The number of ether oxygens (including phenoxy) is 1. The first-order valence-electron chi connectivity index (χ1n) is 7.22. The van der Waals surface area contributed by atoms with Gasteiger partial charge < -0.3 is 10.1 Å². The van der Waals surface area contributed by atoms with E-state index in [0.29, 0.717) is 6.54 Å². The topological polar surface area (TPSA) is 48.2 Å². The Morgan fingerprint density at radius 1 is 1.26 bits per heavy atom. The van der Waals surface area contributed by atoms with Gasteiger partial charge in [0.15, 0.2) is 0 Å². The van der Waals surface area contributed by atoms with Crippen molar-refractivity contribution in [2.24, 2.45) is 0 Å². The van der Waals surface area contributed by atoms with Crippen molar-refractivity contribution in [1.29, 1.82) is 0 Å². The number of nitrogens with one attached hydrogen (secondary N) is 1. The van der Waals surface area contributed by atoms with Gasteiger partial charge in [0.25, 0.3) is 0 Å². The van der Waals surface area contributed by atoms with Gasteiger partial charge in [0.1, 0.15) is 0 Å². The second-order valence-electron chi connectivity index (χ2n) is 4.99. The molecular weight excluding hydrogens is 242 g/mol. The van der Waals surface area contributed by atoms with Crippen LogP contribution in [0.15, 0.2) is 17.2 Å². The Kier molecular flexibility index (Phi) is 7.52. The van der Waals surface area contributed by atoms with E-state index in [-0.39, 0.29) is 11.7 Å². The molecule has 0 saturated heterocycles. The van der Waals surface area contributed by atoms with Gasteiger partial charge in [-0.05, 0) is 20.3 Å². The molecule has 1 N–H and O–H groups in total. The van der Waals surface area contributed by atoms with Crippen LogP contribution < -0.4 is 11.0 Å². The van der Waals surface area contributed by atoms with Crippen molar-refractivity contribution >= 4 is 0 Å². The first-order valence-corrected chi connectivity index (χ1v) is 7.22. The largest absolute Gasteiger partial charge is 0.380 e. The van der Waals surface area contributed by atoms with Crippen molar-refractivity contribution in [3.8, 4) is 0 Å². The van der Waals surface area contributed by atoms with Crippen LogP contribution in [0.1, 0.15) is 39.7 Å². The SMILES string of the molecule is CCCCOCCNCCn1ccn(C(C)C)c1=O. The molecule has 1 aromatic heterocycles. The number of hydrogen-bond acceptors (Lipinski definition) is 3. The highest BCUT2D eigenvalue weighted by Gasteiger charge is 2.04. The van der Waals surface area contributed by atoms with Crippen molar-refractivity contribution in [2.75, 3.05) is 26.3 Å². The minimum absolute atomic E-state index is 0.0657. The lowest BCUT2D eigenvalue weighted by molar-refractivity contribution is 0.133. The normalized spacial score (nSPS) is 11.4. The van der Waals surface area contributed by atoms with Gasteiger partial charge in [-0.2, -0.15) is 0 Å². The fourth-order valence-electron chi connectivity index (χ4n) is 1.81. The number of imidazole rings is 1. The molecule has 110 valence electrons. The van der Waals surface area contributed by atoms with E-state index in [0.717, 1.165) is 32.7 Å². The monoisotopic (exact) mass is 269 g/mol. The average molecular weight is 269 g/mol. The summed E-state index contributed by atoms with van der Waals surface area (Å²) in [5.74, 6) is 0. The average Bonchev–Trinajstić information content (AvgIpc) is 2.74. The Morgan fingerprint density at radius 3 is 2.68 bits per heavy atom. The molecule has 0 atom stereocenters.